The van der Waals surface area contributed by atoms with E-state index in [2.05, 4.69) is 10.8 Å². The average molecular weight is 268 g/mol. The van der Waals surface area contributed by atoms with Crippen molar-refractivity contribution in [1.29, 1.82) is 5.26 Å². The molecule has 6 heteroatoms. The van der Waals surface area contributed by atoms with Gasteiger partial charge in [0, 0.05) is 6.04 Å². The van der Waals surface area contributed by atoms with E-state index in [-0.39, 0.29) is 6.04 Å². The highest BCUT2D eigenvalue weighted by atomic mass is 16.8. The van der Waals surface area contributed by atoms with Crippen molar-refractivity contribution in [3.8, 4) is 6.07 Å². The fourth-order valence-electron chi connectivity index (χ4n) is 2.02. The Morgan fingerprint density at radius 2 is 1.95 bits per heavy atom. The monoisotopic (exact) mass is 268 g/mol. The molecule has 106 valence electrons. The molecule has 0 aromatic rings. The lowest BCUT2D eigenvalue weighted by Gasteiger charge is -2.35. The lowest BCUT2D eigenvalue weighted by Crippen LogP contribution is -2.49. The Bertz CT molecular complexity index is 394. The van der Waals surface area contributed by atoms with Crippen LogP contribution in [0.3, 0.4) is 0 Å². The molecule has 0 aliphatic carbocycles. The highest BCUT2D eigenvalue weighted by Crippen LogP contribution is 2.23. The first-order valence-corrected chi connectivity index (χ1v) is 6.37. The van der Waals surface area contributed by atoms with Crippen molar-refractivity contribution in [3.05, 3.63) is 0 Å². The molecule has 1 aliphatic rings. The number of hydrogen-bond acceptors (Lipinski definition) is 5. The van der Waals surface area contributed by atoms with Gasteiger partial charge in [-0.25, -0.2) is 9.59 Å². The van der Waals surface area contributed by atoms with Crippen LogP contribution < -0.4 is 0 Å². The number of hydrogen-bond donors (Lipinski definition) is 0. The molecule has 6 nitrogen and oxygen atoms in total. The summed E-state index contributed by atoms with van der Waals surface area (Å²) in [6, 6.07) is 1.40. The van der Waals surface area contributed by atoms with E-state index in [1.807, 2.05) is 6.92 Å². The van der Waals surface area contributed by atoms with E-state index < -0.39 is 23.9 Å². The molecule has 19 heavy (non-hydrogen) atoms. The number of amides is 1. The van der Waals surface area contributed by atoms with Gasteiger partial charge in [0.25, 0.3) is 0 Å². The molecule has 0 aromatic carbocycles. The molecule has 0 bridgehead atoms. The van der Waals surface area contributed by atoms with Gasteiger partial charge in [0.05, 0.1) is 6.07 Å². The van der Waals surface area contributed by atoms with Crippen molar-refractivity contribution in [2.24, 2.45) is 0 Å². The smallest absolute Gasteiger partial charge is 0.428 e. The molecule has 1 saturated heterocycles. The van der Waals surface area contributed by atoms with Crippen LogP contribution in [0.25, 0.3) is 0 Å². The van der Waals surface area contributed by atoms with Gasteiger partial charge in [0.2, 0.25) is 0 Å². The lowest BCUT2D eigenvalue weighted by atomic mass is 9.98. The Morgan fingerprint density at radius 3 is 2.47 bits per heavy atom. The van der Waals surface area contributed by atoms with Gasteiger partial charge < -0.3 is 9.47 Å². The highest BCUT2D eigenvalue weighted by Gasteiger charge is 2.34. The maximum absolute atomic E-state index is 11.9. The van der Waals surface area contributed by atoms with Gasteiger partial charge in [-0.15, -0.1) is 0 Å². The molecule has 1 aliphatic heterocycles. The molecule has 1 fully saturated rings. The van der Waals surface area contributed by atoms with Crippen LogP contribution in [0.15, 0.2) is 0 Å². The van der Waals surface area contributed by atoms with E-state index in [1.54, 1.807) is 20.8 Å². The molecule has 0 aromatic heterocycles. The molecule has 0 spiro atoms. The van der Waals surface area contributed by atoms with Gasteiger partial charge in [-0.3, -0.25) is 4.90 Å². The largest absolute Gasteiger partial charge is 0.517 e. The Labute approximate surface area is 113 Å². The van der Waals surface area contributed by atoms with Gasteiger partial charge >= 0.3 is 12.2 Å². The molecule has 1 amide bonds. The normalized spacial score (nSPS) is 23.4. The van der Waals surface area contributed by atoms with E-state index in [4.69, 9.17) is 10.00 Å². The number of ether oxygens (including phenoxy) is 2. The molecule has 2 unspecified atom stereocenters. The van der Waals surface area contributed by atoms with Crippen LogP contribution in [-0.4, -0.2) is 34.8 Å². The van der Waals surface area contributed by atoms with Crippen molar-refractivity contribution >= 4 is 12.2 Å². The molecule has 0 radical (unpaired) electrons. The number of nitrogens with zero attached hydrogens (tertiary/aromatic N) is 2. The second-order valence-corrected chi connectivity index (χ2v) is 5.66. The number of carbonyl (C=O) groups is 2. The van der Waals surface area contributed by atoms with Gasteiger partial charge in [0.15, 0.2) is 0 Å². The van der Waals surface area contributed by atoms with Crippen molar-refractivity contribution in [1.82, 2.24) is 4.90 Å². The minimum atomic E-state index is -1.04. The third-order valence-electron chi connectivity index (χ3n) is 2.83. The number of likely N-dealkylation sites (tertiary alicyclic amines) is 1. The molecule has 1 rings (SSSR count). The zero-order valence-electron chi connectivity index (χ0n) is 11.8. The molecular formula is C13H20N2O4. The summed E-state index contributed by atoms with van der Waals surface area (Å²) in [5.41, 5.74) is -0.723. The summed E-state index contributed by atoms with van der Waals surface area (Å²) in [4.78, 5) is 24.7. The molecule has 2 atom stereocenters. The van der Waals surface area contributed by atoms with E-state index in [0.29, 0.717) is 6.42 Å². The van der Waals surface area contributed by atoms with Crippen LogP contribution in [0.4, 0.5) is 9.59 Å². The maximum Gasteiger partial charge on any atom is 0.517 e. The summed E-state index contributed by atoms with van der Waals surface area (Å²) in [5.74, 6) is 0. The first kappa shape index (κ1) is 15.3. The Morgan fingerprint density at radius 1 is 1.32 bits per heavy atom. The second kappa shape index (κ2) is 5.91. The minimum absolute atomic E-state index is 0.117. The van der Waals surface area contributed by atoms with Crippen LogP contribution in [0.2, 0.25) is 0 Å². The predicted molar refractivity (Wildman–Crippen MR) is 67.3 cm³/mol. The predicted octanol–water partition coefficient (Wildman–Crippen LogP) is 2.82. The van der Waals surface area contributed by atoms with E-state index >= 15 is 0 Å². The third-order valence-corrected chi connectivity index (χ3v) is 2.83. The SMILES string of the molecule is CC1CCCC(C#N)N1C(=O)OC(=O)OC(C)(C)C. The first-order valence-electron chi connectivity index (χ1n) is 6.37. The molecule has 0 N–H and O–H groups in total. The summed E-state index contributed by atoms with van der Waals surface area (Å²) in [5, 5.41) is 9.03. The second-order valence-electron chi connectivity index (χ2n) is 5.66. The fraction of sp³-hybridized carbons (Fsp3) is 0.769. The van der Waals surface area contributed by atoms with Crippen LogP contribution in [0.5, 0.6) is 0 Å². The quantitative estimate of drug-likeness (QED) is 0.498. The van der Waals surface area contributed by atoms with Gasteiger partial charge in [-0.1, -0.05) is 0 Å². The number of carbonyl (C=O) groups excluding carboxylic acids is 2. The van der Waals surface area contributed by atoms with Crippen molar-refractivity contribution in [3.63, 3.8) is 0 Å². The average Bonchev–Trinajstić information content (AvgIpc) is 2.25. The zero-order valence-corrected chi connectivity index (χ0v) is 11.8. The number of rotatable bonds is 0. The fourth-order valence-corrected chi connectivity index (χ4v) is 2.02. The first-order chi connectivity index (χ1) is 8.74. The number of piperidine rings is 1. The third kappa shape index (κ3) is 4.43. The summed E-state index contributed by atoms with van der Waals surface area (Å²) in [6.45, 7) is 6.88. The van der Waals surface area contributed by atoms with E-state index in [1.165, 1.54) is 4.90 Å². The summed E-state index contributed by atoms with van der Waals surface area (Å²) in [7, 11) is 0. The molecule has 1 heterocycles. The summed E-state index contributed by atoms with van der Waals surface area (Å²) >= 11 is 0. The van der Waals surface area contributed by atoms with Gasteiger partial charge in [-0.05, 0) is 47.0 Å². The highest BCUT2D eigenvalue weighted by molar-refractivity contribution is 5.81. The van der Waals surface area contributed by atoms with E-state index in [0.717, 1.165) is 12.8 Å². The van der Waals surface area contributed by atoms with Crippen LogP contribution >= 0.6 is 0 Å². The Hall–Kier alpha value is -1.77. The minimum Gasteiger partial charge on any atom is -0.428 e. The lowest BCUT2D eigenvalue weighted by molar-refractivity contribution is -0.00319. The van der Waals surface area contributed by atoms with Crippen molar-refractivity contribution in [2.75, 3.05) is 0 Å². The standard InChI is InChI=1S/C13H20N2O4/c1-9-6-5-7-10(8-14)15(9)11(16)18-12(17)19-13(2,3)4/h9-10H,5-7H2,1-4H3. The van der Waals surface area contributed by atoms with Crippen LogP contribution in [-0.2, 0) is 9.47 Å². The van der Waals surface area contributed by atoms with Crippen LogP contribution in [0.1, 0.15) is 47.0 Å². The Kier molecular flexibility index (Phi) is 4.76. The zero-order chi connectivity index (χ0) is 14.6. The van der Waals surface area contributed by atoms with Crippen LogP contribution in [0, 0.1) is 11.3 Å². The van der Waals surface area contributed by atoms with Crippen molar-refractivity contribution in [2.45, 2.75) is 64.6 Å². The van der Waals surface area contributed by atoms with Gasteiger partial charge in [0.1, 0.15) is 11.6 Å². The number of nitriles is 1. The summed E-state index contributed by atoms with van der Waals surface area (Å²) < 4.78 is 9.55. The van der Waals surface area contributed by atoms with Crippen molar-refractivity contribution < 1.29 is 19.1 Å². The molecule has 0 saturated carbocycles. The summed E-state index contributed by atoms with van der Waals surface area (Å²) in [6.07, 6.45) is 0.432. The topological polar surface area (TPSA) is 79.6 Å². The Balaban J connectivity index is 2.65. The molecular weight excluding hydrogens is 248 g/mol. The van der Waals surface area contributed by atoms with E-state index in [9.17, 15) is 9.59 Å². The maximum atomic E-state index is 11.9. The van der Waals surface area contributed by atoms with Gasteiger partial charge in [-0.2, -0.15) is 5.26 Å².